The molecule has 0 bridgehead atoms. The minimum atomic E-state index is 0.639. The number of rotatable bonds is 11. The summed E-state index contributed by atoms with van der Waals surface area (Å²) >= 11 is 0. The summed E-state index contributed by atoms with van der Waals surface area (Å²) in [5, 5.41) is 7.20. The smallest absolute Gasteiger partial charge is 0.164 e. The highest BCUT2D eigenvalue weighted by molar-refractivity contribution is 6.04. The van der Waals surface area contributed by atoms with Gasteiger partial charge >= 0.3 is 0 Å². The van der Waals surface area contributed by atoms with Crippen molar-refractivity contribution in [3.05, 3.63) is 340 Å². The lowest BCUT2D eigenvalue weighted by molar-refractivity contribution is 1.07. The van der Waals surface area contributed by atoms with Crippen LogP contribution >= 0.6 is 0 Å². The molecule has 16 aromatic rings. The van der Waals surface area contributed by atoms with Crippen LogP contribution in [0.5, 0.6) is 0 Å². The van der Waals surface area contributed by atoms with E-state index in [4.69, 9.17) is 29.9 Å². The lowest BCUT2D eigenvalue weighted by atomic mass is 9.94. The van der Waals surface area contributed by atoms with Crippen LogP contribution in [0.25, 0.3) is 156 Å². The third-order valence-electron chi connectivity index (χ3n) is 16.5. The zero-order chi connectivity index (χ0) is 60.0. The van der Waals surface area contributed by atoms with E-state index in [1.807, 2.05) is 48.5 Å². The molecule has 0 saturated carbocycles. The van der Waals surface area contributed by atoms with Gasteiger partial charge in [-0.1, -0.05) is 328 Å². The SMILES string of the molecule is c1ccc(-c2ccc(-c3nc(-c4ccc(-c5ccc6ccccc6c5)cc4)nc(-c4ccc(-c5cccc6ccccc56)cc4)n3)cc2)cc1.c1ccc(-c2ccc(-c3nc(-c4ccccc4)nc(-c4ccc(-c5ccccc5)c5ccccc45)n3)cc2)cc1. The van der Waals surface area contributed by atoms with Crippen molar-refractivity contribution in [2.45, 2.75) is 0 Å². The van der Waals surface area contributed by atoms with Gasteiger partial charge in [0.15, 0.2) is 34.9 Å². The normalized spacial score (nSPS) is 11.1. The predicted molar refractivity (Wildman–Crippen MR) is 372 cm³/mol. The van der Waals surface area contributed by atoms with Gasteiger partial charge in [0.05, 0.1) is 0 Å². The highest BCUT2D eigenvalue weighted by Crippen LogP contribution is 2.38. The Morgan fingerprint density at radius 1 is 0.133 bits per heavy atom. The van der Waals surface area contributed by atoms with Crippen molar-refractivity contribution in [3.8, 4) is 124 Å². The van der Waals surface area contributed by atoms with E-state index in [0.29, 0.717) is 34.9 Å². The van der Waals surface area contributed by atoms with Gasteiger partial charge in [-0.05, 0) is 100 Å². The van der Waals surface area contributed by atoms with Gasteiger partial charge in [-0.25, -0.2) is 29.9 Å². The maximum Gasteiger partial charge on any atom is 0.164 e. The van der Waals surface area contributed by atoms with Crippen molar-refractivity contribution < 1.29 is 0 Å². The second-order valence-corrected chi connectivity index (χ2v) is 22.2. The van der Waals surface area contributed by atoms with E-state index < -0.39 is 0 Å². The van der Waals surface area contributed by atoms with Gasteiger partial charge in [0.25, 0.3) is 0 Å². The summed E-state index contributed by atoms with van der Waals surface area (Å²) in [5.74, 6) is 3.89. The molecule has 0 aliphatic rings. The molecular weight excluding hydrogens is 1090 g/mol. The van der Waals surface area contributed by atoms with Crippen molar-refractivity contribution in [2.24, 2.45) is 0 Å². The first kappa shape index (κ1) is 54.5. The summed E-state index contributed by atoms with van der Waals surface area (Å²) in [7, 11) is 0. The van der Waals surface area contributed by atoms with Gasteiger partial charge in [0.2, 0.25) is 0 Å². The molecule has 0 fully saturated rings. The Balaban J connectivity index is 0.000000154. The van der Waals surface area contributed by atoms with E-state index in [2.05, 4.69) is 291 Å². The molecule has 6 heteroatoms. The highest BCUT2D eigenvalue weighted by atomic mass is 15.0. The van der Waals surface area contributed by atoms with Crippen LogP contribution in [-0.4, -0.2) is 29.9 Å². The topological polar surface area (TPSA) is 77.3 Å². The van der Waals surface area contributed by atoms with Gasteiger partial charge in [-0.15, -0.1) is 0 Å². The number of benzene rings is 14. The van der Waals surface area contributed by atoms with Crippen LogP contribution in [0.15, 0.2) is 340 Å². The van der Waals surface area contributed by atoms with Crippen molar-refractivity contribution in [2.75, 3.05) is 0 Å². The molecule has 6 nitrogen and oxygen atoms in total. The molecule has 90 heavy (non-hydrogen) atoms. The molecule has 0 aliphatic heterocycles. The van der Waals surface area contributed by atoms with Gasteiger partial charge < -0.3 is 0 Å². The maximum atomic E-state index is 5.04. The minimum absolute atomic E-state index is 0.639. The molecule has 0 radical (unpaired) electrons. The summed E-state index contributed by atoms with van der Waals surface area (Å²) in [6.07, 6.45) is 0. The van der Waals surface area contributed by atoms with E-state index >= 15 is 0 Å². The first-order chi connectivity index (χ1) is 44.6. The Bertz CT molecular complexity index is 5170. The Morgan fingerprint density at radius 2 is 0.411 bits per heavy atom. The quantitative estimate of drug-likeness (QED) is 0.128. The number of aromatic nitrogens is 6. The minimum Gasteiger partial charge on any atom is -0.208 e. The lowest BCUT2D eigenvalue weighted by Crippen LogP contribution is -2.00. The Labute approximate surface area is 522 Å². The molecule has 14 aromatic carbocycles. The summed E-state index contributed by atoms with van der Waals surface area (Å²) in [4.78, 5) is 30.0. The molecule has 0 atom stereocenters. The Hall–Kier alpha value is -12.1. The third kappa shape index (κ3) is 11.4. The average molecular weight is 1150 g/mol. The largest absolute Gasteiger partial charge is 0.208 e. The molecular formula is C84H56N6. The highest BCUT2D eigenvalue weighted by Gasteiger charge is 2.18. The van der Waals surface area contributed by atoms with Gasteiger partial charge in [-0.2, -0.15) is 0 Å². The van der Waals surface area contributed by atoms with E-state index in [-0.39, 0.29) is 0 Å². The zero-order valence-electron chi connectivity index (χ0n) is 49.0. The van der Waals surface area contributed by atoms with Crippen molar-refractivity contribution in [3.63, 3.8) is 0 Å². The first-order valence-electron chi connectivity index (χ1n) is 30.2. The van der Waals surface area contributed by atoms with Crippen LogP contribution in [-0.2, 0) is 0 Å². The summed E-state index contributed by atoms with van der Waals surface area (Å²) in [6.45, 7) is 0. The Morgan fingerprint density at radius 3 is 0.900 bits per heavy atom. The van der Waals surface area contributed by atoms with Crippen LogP contribution in [0.1, 0.15) is 0 Å². The first-order valence-corrected chi connectivity index (χ1v) is 30.2. The second kappa shape index (κ2) is 24.7. The molecule has 0 saturated heterocycles. The fourth-order valence-electron chi connectivity index (χ4n) is 11.8. The molecule has 0 spiro atoms. The van der Waals surface area contributed by atoms with E-state index in [1.165, 1.54) is 60.3 Å². The number of hydrogen-bond acceptors (Lipinski definition) is 6. The molecule has 2 heterocycles. The third-order valence-corrected chi connectivity index (χ3v) is 16.5. The average Bonchev–Trinajstić information content (AvgIpc) is 1.63. The van der Waals surface area contributed by atoms with Crippen LogP contribution < -0.4 is 0 Å². The van der Waals surface area contributed by atoms with E-state index in [1.54, 1.807) is 0 Å². The number of nitrogens with zero attached hydrogens (tertiary/aromatic N) is 6. The molecule has 2 aromatic heterocycles. The fourth-order valence-corrected chi connectivity index (χ4v) is 11.8. The van der Waals surface area contributed by atoms with E-state index in [0.717, 1.165) is 61.0 Å². The van der Waals surface area contributed by atoms with Gasteiger partial charge in [-0.3, -0.25) is 0 Å². The Kier molecular flexibility index (Phi) is 15.0. The molecule has 0 amide bonds. The summed E-state index contributed by atoms with van der Waals surface area (Å²) < 4.78 is 0. The van der Waals surface area contributed by atoms with E-state index in [9.17, 15) is 0 Å². The molecule has 0 N–H and O–H groups in total. The van der Waals surface area contributed by atoms with Gasteiger partial charge in [0, 0.05) is 33.4 Å². The fraction of sp³-hybridized carbons (Fsp3) is 0. The summed E-state index contributed by atoms with van der Waals surface area (Å²) in [5.41, 5.74) is 17.4. The van der Waals surface area contributed by atoms with Crippen molar-refractivity contribution >= 4 is 32.3 Å². The molecule has 0 aliphatic carbocycles. The van der Waals surface area contributed by atoms with Crippen LogP contribution in [0.4, 0.5) is 0 Å². The van der Waals surface area contributed by atoms with Crippen molar-refractivity contribution in [1.29, 1.82) is 0 Å². The monoisotopic (exact) mass is 1150 g/mol. The van der Waals surface area contributed by atoms with Gasteiger partial charge in [0.1, 0.15) is 0 Å². The van der Waals surface area contributed by atoms with Crippen LogP contribution in [0.3, 0.4) is 0 Å². The number of fused-ring (bicyclic) bond motifs is 3. The molecule has 422 valence electrons. The maximum absolute atomic E-state index is 5.04. The molecule has 16 rings (SSSR count). The second-order valence-electron chi connectivity index (χ2n) is 22.2. The van der Waals surface area contributed by atoms with Crippen molar-refractivity contribution in [1.82, 2.24) is 29.9 Å². The van der Waals surface area contributed by atoms with Crippen LogP contribution in [0.2, 0.25) is 0 Å². The zero-order valence-corrected chi connectivity index (χ0v) is 49.0. The van der Waals surface area contributed by atoms with Crippen LogP contribution in [0, 0.1) is 0 Å². The lowest BCUT2D eigenvalue weighted by Gasteiger charge is -2.13. The molecule has 0 unspecified atom stereocenters. The standard InChI is InChI=1S/C47H31N3.C37H25N3/c1-2-9-32(10-3-1)34-17-24-38(25-18-34)45-48-46(39-26-19-35(20-27-39)42-30-21-33-11-4-5-13-41(33)31-42)50-47(49-45)40-28-22-37(23-29-40)44-16-8-14-36-12-6-7-15-43(36)44;1-4-12-26(13-5-1)27-20-22-30(23-21-27)36-38-35(29-16-8-3-9-17-29)39-37(40-36)34-25-24-31(28-14-6-2-7-15-28)32-18-10-11-19-33(32)34/h1-31H;1-25H. The summed E-state index contributed by atoms with van der Waals surface area (Å²) in [6, 6.07) is 118. The predicted octanol–water partition coefficient (Wildman–Crippen LogP) is 21.5. The number of hydrogen-bond donors (Lipinski definition) is 0.